The highest BCUT2D eigenvalue weighted by Crippen LogP contribution is 2.40. The first kappa shape index (κ1) is 12.7. The predicted octanol–water partition coefficient (Wildman–Crippen LogP) is 2.21. The molecule has 16 heavy (non-hydrogen) atoms. The van der Waals surface area contributed by atoms with Crippen LogP contribution >= 0.6 is 0 Å². The average molecular weight is 262 g/mol. The van der Waals surface area contributed by atoms with Crippen LogP contribution in [0, 0.1) is 5.82 Å². The van der Waals surface area contributed by atoms with E-state index in [1.54, 1.807) is 0 Å². The maximum atomic E-state index is 12.8. The molecule has 1 aromatic carbocycles. The van der Waals surface area contributed by atoms with Crippen molar-refractivity contribution in [3.05, 3.63) is 23.5 Å². The fourth-order valence-electron chi connectivity index (χ4n) is 1.06. The van der Waals surface area contributed by atoms with E-state index in [0.29, 0.717) is 6.07 Å². The van der Waals surface area contributed by atoms with Crippen LogP contribution in [0.3, 0.4) is 0 Å². The Balaban J connectivity index is 3.78. The molecule has 0 aliphatic heterocycles. The zero-order valence-electron chi connectivity index (χ0n) is 7.22. The second kappa shape index (κ2) is 3.58. The van der Waals surface area contributed by atoms with Crippen LogP contribution < -0.4 is 0 Å². The van der Waals surface area contributed by atoms with Gasteiger partial charge in [0.2, 0.25) is 0 Å². The highest BCUT2D eigenvalue weighted by atomic mass is 32.3. The molecule has 0 atom stereocenters. The van der Waals surface area contributed by atoms with E-state index in [4.69, 9.17) is 5.11 Å². The van der Waals surface area contributed by atoms with Crippen LogP contribution in [0.25, 0.3) is 0 Å². The monoisotopic (exact) mass is 262 g/mol. The highest BCUT2D eigenvalue weighted by molar-refractivity contribution is 7.86. The van der Waals surface area contributed by atoms with Crippen LogP contribution in [0.15, 0.2) is 17.0 Å². The van der Waals surface area contributed by atoms with Crippen molar-refractivity contribution in [3.8, 4) is 5.75 Å². The van der Waals surface area contributed by atoms with Gasteiger partial charge in [0, 0.05) is 0 Å². The lowest BCUT2D eigenvalue weighted by atomic mass is 10.2. The molecular weight excluding hydrogens is 259 g/mol. The molecular formula is C7H3F5O3S. The molecule has 1 rings (SSSR count). The van der Waals surface area contributed by atoms with Gasteiger partial charge < -0.3 is 5.11 Å². The number of alkyl halides is 3. The predicted molar refractivity (Wildman–Crippen MR) is 41.4 cm³/mol. The molecule has 1 aromatic rings. The summed E-state index contributed by atoms with van der Waals surface area (Å²) >= 11 is 0. The van der Waals surface area contributed by atoms with Crippen molar-refractivity contribution in [3.63, 3.8) is 0 Å². The fraction of sp³-hybridized carbons (Fsp3) is 0.143. The zero-order valence-corrected chi connectivity index (χ0v) is 8.03. The molecule has 0 spiro atoms. The molecule has 0 fully saturated rings. The molecule has 0 heterocycles. The van der Waals surface area contributed by atoms with Gasteiger partial charge >= 0.3 is 16.4 Å². The first-order valence-corrected chi connectivity index (χ1v) is 4.97. The lowest BCUT2D eigenvalue weighted by Gasteiger charge is -2.12. The summed E-state index contributed by atoms with van der Waals surface area (Å²) in [4.78, 5) is -2.11. The lowest BCUT2D eigenvalue weighted by molar-refractivity contribution is -0.142. The van der Waals surface area contributed by atoms with E-state index in [1.807, 2.05) is 0 Å². The van der Waals surface area contributed by atoms with E-state index >= 15 is 0 Å². The van der Waals surface area contributed by atoms with E-state index in [9.17, 15) is 29.9 Å². The van der Waals surface area contributed by atoms with Crippen molar-refractivity contribution in [2.45, 2.75) is 11.1 Å². The van der Waals surface area contributed by atoms with Gasteiger partial charge in [0.15, 0.2) is 4.90 Å². The molecule has 0 saturated carbocycles. The van der Waals surface area contributed by atoms with Crippen LogP contribution in [0.5, 0.6) is 5.75 Å². The first-order valence-electron chi connectivity index (χ1n) is 3.58. The summed E-state index contributed by atoms with van der Waals surface area (Å²) in [6, 6.07) is 0.504. The van der Waals surface area contributed by atoms with Crippen molar-refractivity contribution >= 4 is 10.2 Å². The highest BCUT2D eigenvalue weighted by Gasteiger charge is 2.42. The van der Waals surface area contributed by atoms with Gasteiger partial charge in [-0.25, -0.2) is 4.39 Å². The Kier molecular flexibility index (Phi) is 2.84. The third kappa shape index (κ3) is 2.23. The van der Waals surface area contributed by atoms with Gasteiger partial charge in [-0.15, -0.1) is 3.89 Å². The minimum absolute atomic E-state index is 0.187. The number of aromatic hydroxyl groups is 1. The van der Waals surface area contributed by atoms with Crippen LogP contribution in [0.1, 0.15) is 5.56 Å². The maximum Gasteiger partial charge on any atom is 0.420 e. The lowest BCUT2D eigenvalue weighted by Crippen LogP contribution is -2.14. The number of halogens is 5. The largest absolute Gasteiger partial charge is 0.506 e. The Hall–Kier alpha value is -1.38. The van der Waals surface area contributed by atoms with E-state index in [2.05, 4.69) is 0 Å². The van der Waals surface area contributed by atoms with Gasteiger partial charge in [-0.3, -0.25) is 0 Å². The third-order valence-corrected chi connectivity index (χ3v) is 2.51. The van der Waals surface area contributed by atoms with E-state index in [1.165, 1.54) is 0 Å². The van der Waals surface area contributed by atoms with Crippen molar-refractivity contribution in [1.82, 2.24) is 0 Å². The standard InChI is InChI=1S/C7H3F5O3S/c8-3-1-2-4(13)6(16(12,14)15)5(3)7(9,10)11/h1-2,13H. The summed E-state index contributed by atoms with van der Waals surface area (Å²) in [6.45, 7) is 0. The minimum Gasteiger partial charge on any atom is -0.506 e. The minimum atomic E-state index is -5.88. The van der Waals surface area contributed by atoms with Crippen molar-refractivity contribution < 1.29 is 35.0 Å². The van der Waals surface area contributed by atoms with Crippen molar-refractivity contribution in [1.29, 1.82) is 0 Å². The molecule has 0 saturated heterocycles. The quantitative estimate of drug-likeness (QED) is 0.623. The van der Waals surface area contributed by atoms with Crippen LogP contribution in [-0.2, 0) is 16.4 Å². The van der Waals surface area contributed by atoms with Crippen LogP contribution in [0.2, 0.25) is 0 Å². The average Bonchev–Trinajstić information content (AvgIpc) is 2.04. The van der Waals surface area contributed by atoms with Crippen molar-refractivity contribution in [2.24, 2.45) is 0 Å². The fourth-order valence-corrected chi connectivity index (χ4v) is 1.83. The normalized spacial score (nSPS) is 12.8. The summed E-state index contributed by atoms with van der Waals surface area (Å²) < 4.78 is 82.8. The number of phenolic OH excluding ortho intramolecular Hbond substituents is 1. The second-order valence-electron chi connectivity index (χ2n) is 2.71. The Bertz CT molecular complexity index is 520. The molecule has 0 aliphatic carbocycles. The Morgan fingerprint density at radius 3 is 2.00 bits per heavy atom. The number of benzene rings is 1. The van der Waals surface area contributed by atoms with E-state index in [-0.39, 0.29) is 6.07 Å². The number of hydrogen-bond acceptors (Lipinski definition) is 3. The molecule has 3 nitrogen and oxygen atoms in total. The van der Waals surface area contributed by atoms with Gasteiger partial charge in [0.25, 0.3) is 0 Å². The number of hydrogen-bond donors (Lipinski definition) is 1. The van der Waals surface area contributed by atoms with Gasteiger partial charge in [-0.1, -0.05) is 0 Å². The summed E-state index contributed by atoms with van der Waals surface area (Å²) in [5.74, 6) is -3.49. The third-order valence-electron chi connectivity index (χ3n) is 1.61. The van der Waals surface area contributed by atoms with E-state index in [0.717, 1.165) is 0 Å². The molecule has 0 unspecified atom stereocenters. The zero-order chi connectivity index (χ0) is 12.7. The SMILES string of the molecule is O=S(=O)(F)c1c(O)ccc(F)c1C(F)(F)F. The Morgan fingerprint density at radius 1 is 1.19 bits per heavy atom. The van der Waals surface area contributed by atoms with Gasteiger partial charge in [0.1, 0.15) is 17.1 Å². The second-order valence-corrected chi connectivity index (χ2v) is 3.99. The summed E-state index contributed by atoms with van der Waals surface area (Å²) in [6.07, 6.45) is -5.43. The molecule has 0 aromatic heterocycles. The summed E-state index contributed by atoms with van der Waals surface area (Å²) in [5.41, 5.74) is -2.35. The summed E-state index contributed by atoms with van der Waals surface area (Å²) in [7, 11) is -5.88. The van der Waals surface area contributed by atoms with Gasteiger partial charge in [0.05, 0.1) is 0 Å². The molecule has 0 radical (unpaired) electrons. The van der Waals surface area contributed by atoms with Crippen molar-refractivity contribution in [2.75, 3.05) is 0 Å². The topological polar surface area (TPSA) is 54.4 Å². The molecule has 9 heteroatoms. The van der Waals surface area contributed by atoms with Crippen LogP contribution in [-0.4, -0.2) is 13.5 Å². The van der Waals surface area contributed by atoms with Gasteiger partial charge in [-0.05, 0) is 12.1 Å². The molecule has 0 aliphatic rings. The Morgan fingerprint density at radius 2 is 1.69 bits per heavy atom. The molecule has 90 valence electrons. The van der Waals surface area contributed by atoms with Gasteiger partial charge in [-0.2, -0.15) is 21.6 Å². The molecule has 0 bridgehead atoms. The smallest absolute Gasteiger partial charge is 0.420 e. The van der Waals surface area contributed by atoms with E-state index < -0.39 is 38.4 Å². The maximum absolute atomic E-state index is 12.8. The molecule has 1 N–H and O–H groups in total. The number of rotatable bonds is 1. The summed E-state index contributed by atoms with van der Waals surface area (Å²) in [5, 5.41) is 8.83. The molecule has 0 amide bonds. The number of phenols is 1. The Labute approximate surface area is 86.3 Å². The van der Waals surface area contributed by atoms with Crippen LogP contribution in [0.4, 0.5) is 21.4 Å². The first-order chi connectivity index (χ1) is 7.05.